The average molecular weight is 299 g/mol. The van der Waals surface area contributed by atoms with Crippen LogP contribution in [0.5, 0.6) is 0 Å². The van der Waals surface area contributed by atoms with Gasteiger partial charge in [-0.2, -0.15) is 0 Å². The fourth-order valence-electron chi connectivity index (χ4n) is 2.29. The van der Waals surface area contributed by atoms with E-state index in [4.69, 9.17) is 4.74 Å². The Bertz CT molecular complexity index is 629. The van der Waals surface area contributed by atoms with Crippen LogP contribution in [0.25, 0.3) is 0 Å². The third-order valence-electron chi connectivity index (χ3n) is 3.31. The summed E-state index contributed by atoms with van der Waals surface area (Å²) in [5.74, 6) is 0.406. The van der Waals surface area contributed by atoms with Gasteiger partial charge in [0.15, 0.2) is 5.82 Å². The number of rotatable bonds is 3. The highest BCUT2D eigenvalue weighted by Gasteiger charge is 2.15. The summed E-state index contributed by atoms with van der Waals surface area (Å²) in [5.41, 5.74) is 1.74. The molecule has 1 aliphatic rings. The molecule has 0 saturated carbocycles. The molecule has 0 radical (unpaired) electrons. The van der Waals surface area contributed by atoms with Gasteiger partial charge in [0.2, 0.25) is 0 Å². The normalized spacial score (nSPS) is 14.5. The van der Waals surface area contributed by atoms with Crippen molar-refractivity contribution in [1.82, 2.24) is 9.97 Å². The number of morpholine rings is 1. The zero-order valence-corrected chi connectivity index (χ0v) is 12.0. The number of benzene rings is 1. The molecule has 22 heavy (non-hydrogen) atoms. The van der Waals surface area contributed by atoms with Crippen LogP contribution < -0.4 is 15.5 Å². The molecule has 2 N–H and O–H groups in total. The Morgan fingerprint density at radius 2 is 1.95 bits per heavy atom. The molecule has 2 aromatic rings. The molecule has 0 bridgehead atoms. The summed E-state index contributed by atoms with van der Waals surface area (Å²) >= 11 is 0. The number of carbonyl (C=O) groups is 1. The Kier molecular flexibility index (Phi) is 4.45. The first kappa shape index (κ1) is 14.3. The van der Waals surface area contributed by atoms with Crippen LogP contribution in [0, 0.1) is 0 Å². The van der Waals surface area contributed by atoms with E-state index < -0.39 is 0 Å². The Labute approximate surface area is 128 Å². The first-order chi connectivity index (χ1) is 10.8. The van der Waals surface area contributed by atoms with Gasteiger partial charge in [0.05, 0.1) is 30.8 Å². The molecule has 0 unspecified atom stereocenters. The first-order valence-corrected chi connectivity index (χ1v) is 7.09. The summed E-state index contributed by atoms with van der Waals surface area (Å²) in [5, 5.41) is 5.51. The number of amides is 2. The van der Waals surface area contributed by atoms with Crippen LogP contribution in [0.15, 0.2) is 42.9 Å². The maximum atomic E-state index is 12.1. The number of anilines is 3. The van der Waals surface area contributed by atoms with E-state index in [1.165, 1.54) is 12.4 Å². The molecule has 1 aromatic carbocycles. The number of nitrogens with zero attached hydrogens (tertiary/aromatic N) is 3. The quantitative estimate of drug-likeness (QED) is 0.905. The van der Waals surface area contributed by atoms with Crippen LogP contribution >= 0.6 is 0 Å². The number of urea groups is 1. The standard InChI is InChI=1S/C15H17N5O2/c21-15(19-14-11-16-5-6-17-14)18-12-3-1-2-4-13(12)20-7-9-22-10-8-20/h1-6,11H,7-10H2,(H2,17,18,19,21). The highest BCUT2D eigenvalue weighted by Crippen LogP contribution is 2.26. The maximum absolute atomic E-state index is 12.1. The fraction of sp³-hybridized carbons (Fsp3) is 0.267. The van der Waals surface area contributed by atoms with Crippen molar-refractivity contribution in [3.63, 3.8) is 0 Å². The summed E-state index contributed by atoms with van der Waals surface area (Å²) < 4.78 is 5.36. The average Bonchev–Trinajstić information content (AvgIpc) is 2.57. The highest BCUT2D eigenvalue weighted by molar-refractivity contribution is 6.01. The van der Waals surface area contributed by atoms with E-state index in [-0.39, 0.29) is 6.03 Å². The molecule has 3 rings (SSSR count). The van der Waals surface area contributed by atoms with E-state index in [0.717, 1.165) is 24.5 Å². The number of hydrogen-bond donors (Lipinski definition) is 2. The molecular weight excluding hydrogens is 282 g/mol. The fourth-order valence-corrected chi connectivity index (χ4v) is 2.29. The lowest BCUT2D eigenvalue weighted by molar-refractivity contribution is 0.123. The first-order valence-electron chi connectivity index (χ1n) is 7.09. The van der Waals surface area contributed by atoms with Crippen molar-refractivity contribution >= 4 is 23.2 Å². The molecule has 2 heterocycles. The van der Waals surface area contributed by atoms with Gasteiger partial charge in [-0.25, -0.2) is 9.78 Å². The molecular formula is C15H17N5O2. The Morgan fingerprint density at radius 1 is 1.14 bits per heavy atom. The molecule has 7 nitrogen and oxygen atoms in total. The van der Waals surface area contributed by atoms with Crippen molar-refractivity contribution in [2.45, 2.75) is 0 Å². The number of hydrogen-bond acceptors (Lipinski definition) is 5. The van der Waals surface area contributed by atoms with Crippen LogP contribution in [-0.2, 0) is 4.74 Å². The maximum Gasteiger partial charge on any atom is 0.324 e. The van der Waals surface area contributed by atoms with Crippen molar-refractivity contribution in [1.29, 1.82) is 0 Å². The molecule has 7 heteroatoms. The monoisotopic (exact) mass is 299 g/mol. The van der Waals surface area contributed by atoms with Crippen molar-refractivity contribution < 1.29 is 9.53 Å². The number of para-hydroxylation sites is 2. The minimum Gasteiger partial charge on any atom is -0.378 e. The number of carbonyl (C=O) groups excluding carboxylic acids is 1. The van der Waals surface area contributed by atoms with Crippen LogP contribution in [0.1, 0.15) is 0 Å². The van der Waals surface area contributed by atoms with Gasteiger partial charge in [0.25, 0.3) is 0 Å². The summed E-state index contributed by atoms with van der Waals surface area (Å²) in [6.45, 7) is 3.01. The summed E-state index contributed by atoms with van der Waals surface area (Å²) in [6, 6.07) is 7.36. The van der Waals surface area contributed by atoms with Crippen molar-refractivity contribution in [3.05, 3.63) is 42.9 Å². The van der Waals surface area contributed by atoms with E-state index >= 15 is 0 Å². The largest absolute Gasteiger partial charge is 0.378 e. The smallest absolute Gasteiger partial charge is 0.324 e. The minimum atomic E-state index is -0.346. The summed E-state index contributed by atoms with van der Waals surface area (Å²) in [6.07, 6.45) is 4.57. The summed E-state index contributed by atoms with van der Waals surface area (Å²) in [4.78, 5) is 22.2. The second-order valence-corrected chi connectivity index (χ2v) is 4.79. The molecule has 1 aromatic heterocycles. The number of ether oxygens (including phenoxy) is 1. The molecule has 1 fully saturated rings. The Balaban J connectivity index is 1.70. The van der Waals surface area contributed by atoms with Gasteiger partial charge in [0.1, 0.15) is 0 Å². The van der Waals surface area contributed by atoms with Crippen LogP contribution in [-0.4, -0.2) is 42.3 Å². The Morgan fingerprint density at radius 3 is 2.73 bits per heavy atom. The zero-order chi connectivity index (χ0) is 15.2. The van der Waals surface area contributed by atoms with Gasteiger partial charge >= 0.3 is 6.03 Å². The van der Waals surface area contributed by atoms with Gasteiger partial charge in [0, 0.05) is 25.5 Å². The van der Waals surface area contributed by atoms with Gasteiger partial charge < -0.3 is 15.0 Å². The van der Waals surface area contributed by atoms with E-state index in [1.807, 2.05) is 24.3 Å². The lowest BCUT2D eigenvalue weighted by Gasteiger charge is -2.30. The Hall–Kier alpha value is -2.67. The third kappa shape index (κ3) is 3.50. The lowest BCUT2D eigenvalue weighted by atomic mass is 10.2. The van der Waals surface area contributed by atoms with E-state index in [2.05, 4.69) is 25.5 Å². The SMILES string of the molecule is O=C(Nc1cnccn1)Nc1ccccc1N1CCOCC1. The molecule has 0 atom stereocenters. The van der Waals surface area contributed by atoms with E-state index in [9.17, 15) is 4.79 Å². The van der Waals surface area contributed by atoms with Gasteiger partial charge in [-0.15, -0.1) is 0 Å². The van der Waals surface area contributed by atoms with Crippen LogP contribution in [0.2, 0.25) is 0 Å². The minimum absolute atomic E-state index is 0.346. The predicted octanol–water partition coefficient (Wildman–Crippen LogP) is 1.96. The van der Waals surface area contributed by atoms with Crippen molar-refractivity contribution in [2.24, 2.45) is 0 Å². The van der Waals surface area contributed by atoms with Gasteiger partial charge in [-0.05, 0) is 12.1 Å². The molecule has 0 spiro atoms. The number of aromatic nitrogens is 2. The van der Waals surface area contributed by atoms with Crippen LogP contribution in [0.3, 0.4) is 0 Å². The molecule has 0 aliphatic carbocycles. The van der Waals surface area contributed by atoms with Gasteiger partial charge in [-0.3, -0.25) is 10.3 Å². The second-order valence-electron chi connectivity index (χ2n) is 4.79. The van der Waals surface area contributed by atoms with Crippen LogP contribution in [0.4, 0.5) is 22.0 Å². The lowest BCUT2D eigenvalue weighted by Crippen LogP contribution is -2.37. The third-order valence-corrected chi connectivity index (χ3v) is 3.31. The second kappa shape index (κ2) is 6.86. The molecule has 2 amide bonds. The zero-order valence-electron chi connectivity index (χ0n) is 12.0. The highest BCUT2D eigenvalue weighted by atomic mass is 16.5. The number of nitrogens with one attached hydrogen (secondary N) is 2. The van der Waals surface area contributed by atoms with Crippen molar-refractivity contribution in [3.8, 4) is 0 Å². The van der Waals surface area contributed by atoms with Crippen molar-refractivity contribution in [2.75, 3.05) is 41.8 Å². The predicted molar refractivity (Wildman–Crippen MR) is 84.1 cm³/mol. The molecule has 114 valence electrons. The summed E-state index contributed by atoms with van der Waals surface area (Å²) in [7, 11) is 0. The van der Waals surface area contributed by atoms with Gasteiger partial charge in [-0.1, -0.05) is 12.1 Å². The molecule has 1 saturated heterocycles. The topological polar surface area (TPSA) is 79.4 Å². The molecule has 1 aliphatic heterocycles. The van der Waals surface area contributed by atoms with E-state index in [0.29, 0.717) is 19.0 Å². The van der Waals surface area contributed by atoms with E-state index in [1.54, 1.807) is 6.20 Å².